The fourth-order valence-electron chi connectivity index (χ4n) is 2.00. The summed E-state index contributed by atoms with van der Waals surface area (Å²) >= 11 is 6.12. The quantitative estimate of drug-likeness (QED) is 0.816. The van der Waals surface area contributed by atoms with Crippen LogP contribution in [0.4, 0.5) is 0 Å². The Balaban J connectivity index is 2.04. The summed E-state index contributed by atoms with van der Waals surface area (Å²) in [5.74, 6) is 1.47. The summed E-state index contributed by atoms with van der Waals surface area (Å²) in [6.07, 6.45) is 3.18. The lowest BCUT2D eigenvalue weighted by molar-refractivity contribution is -0.125. The molecule has 2 rings (SSSR count). The van der Waals surface area contributed by atoms with Gasteiger partial charge in [-0.2, -0.15) is 5.10 Å². The molecule has 0 N–H and O–H groups in total. The molecule has 0 aliphatic heterocycles. The summed E-state index contributed by atoms with van der Waals surface area (Å²) in [7, 11) is 3.49. The zero-order chi connectivity index (χ0) is 15.6. The fourth-order valence-corrected chi connectivity index (χ4v) is 2.24. The molecule has 0 unspecified atom stereocenters. The number of carbonyl (C=O) groups excluding carboxylic acids is 1. The van der Waals surface area contributed by atoms with Crippen molar-refractivity contribution >= 4 is 23.6 Å². The third-order valence-corrected chi connectivity index (χ3v) is 3.60. The summed E-state index contributed by atoms with van der Waals surface area (Å²) in [6.45, 7) is 4.15. The van der Waals surface area contributed by atoms with Crippen molar-refractivity contribution in [2.45, 2.75) is 20.4 Å². The molecule has 21 heavy (non-hydrogen) atoms. The number of nitrogens with zero attached hydrogens (tertiary/aromatic N) is 3. The Kier molecular flexibility index (Phi) is 4.53. The largest absolute Gasteiger partial charge is 0.464 e. The van der Waals surface area contributed by atoms with Crippen molar-refractivity contribution in [3.05, 3.63) is 46.1 Å². The monoisotopic (exact) mass is 307 g/mol. The second-order valence-corrected chi connectivity index (χ2v) is 5.31. The summed E-state index contributed by atoms with van der Waals surface area (Å²) in [6, 6.07) is 3.74. The van der Waals surface area contributed by atoms with Gasteiger partial charge in [0.15, 0.2) is 0 Å². The number of rotatable bonds is 4. The van der Waals surface area contributed by atoms with Crippen LogP contribution < -0.4 is 0 Å². The first kappa shape index (κ1) is 15.4. The van der Waals surface area contributed by atoms with Crippen molar-refractivity contribution < 1.29 is 9.21 Å². The molecule has 0 saturated heterocycles. The van der Waals surface area contributed by atoms with Crippen LogP contribution in [0.2, 0.25) is 5.15 Å². The summed E-state index contributed by atoms with van der Waals surface area (Å²) < 4.78 is 7.04. The maximum atomic E-state index is 12.1. The summed E-state index contributed by atoms with van der Waals surface area (Å²) in [5, 5.41) is 4.71. The normalized spacial score (nSPS) is 11.3. The molecule has 2 heterocycles. The molecule has 6 heteroatoms. The Hall–Kier alpha value is -2.01. The van der Waals surface area contributed by atoms with E-state index >= 15 is 0 Å². The van der Waals surface area contributed by atoms with Crippen LogP contribution >= 0.6 is 11.6 Å². The predicted molar refractivity (Wildman–Crippen MR) is 81.9 cm³/mol. The van der Waals surface area contributed by atoms with Gasteiger partial charge in [0.1, 0.15) is 16.7 Å². The van der Waals surface area contributed by atoms with Gasteiger partial charge in [0.05, 0.1) is 12.2 Å². The Bertz CT molecular complexity index is 685. The van der Waals surface area contributed by atoms with Gasteiger partial charge in [0, 0.05) is 25.7 Å². The topological polar surface area (TPSA) is 51.3 Å². The standard InChI is InChI=1S/C15H18ClN3O2/c1-10-5-6-12(21-10)9-18(3)14(20)8-7-13-11(2)17-19(4)15(13)16/h5-8H,9H2,1-4H3/b8-7+. The highest BCUT2D eigenvalue weighted by molar-refractivity contribution is 6.31. The van der Waals surface area contributed by atoms with Gasteiger partial charge in [-0.3, -0.25) is 9.48 Å². The minimum atomic E-state index is -0.122. The highest BCUT2D eigenvalue weighted by atomic mass is 35.5. The first-order chi connectivity index (χ1) is 9.88. The zero-order valence-corrected chi connectivity index (χ0v) is 13.3. The number of carbonyl (C=O) groups is 1. The van der Waals surface area contributed by atoms with Crippen molar-refractivity contribution in [3.8, 4) is 0 Å². The smallest absolute Gasteiger partial charge is 0.246 e. The summed E-state index contributed by atoms with van der Waals surface area (Å²) in [4.78, 5) is 13.7. The van der Waals surface area contributed by atoms with Crippen LogP contribution in [0.5, 0.6) is 0 Å². The van der Waals surface area contributed by atoms with E-state index in [2.05, 4.69) is 5.10 Å². The molecule has 2 aromatic heterocycles. The number of hydrogen-bond donors (Lipinski definition) is 0. The van der Waals surface area contributed by atoms with Crippen molar-refractivity contribution in [3.63, 3.8) is 0 Å². The molecule has 2 aromatic rings. The average Bonchev–Trinajstić information content (AvgIpc) is 2.92. The number of halogens is 1. The van der Waals surface area contributed by atoms with E-state index in [0.29, 0.717) is 11.7 Å². The predicted octanol–water partition coefficient (Wildman–Crippen LogP) is 2.96. The molecule has 0 bridgehead atoms. The van der Waals surface area contributed by atoms with Gasteiger partial charge in [-0.05, 0) is 32.1 Å². The molecule has 112 valence electrons. The molecule has 0 aliphatic carbocycles. The first-order valence-corrected chi connectivity index (χ1v) is 6.94. The highest BCUT2D eigenvalue weighted by Crippen LogP contribution is 2.20. The number of aryl methyl sites for hydroxylation is 3. The number of likely N-dealkylation sites (N-methyl/N-ethyl adjacent to an activating group) is 1. The van der Waals surface area contributed by atoms with Crippen LogP contribution in [0.1, 0.15) is 22.8 Å². The molecule has 5 nitrogen and oxygen atoms in total. The molecular weight excluding hydrogens is 290 g/mol. The van der Waals surface area contributed by atoms with Gasteiger partial charge in [0.25, 0.3) is 0 Å². The molecule has 0 radical (unpaired) electrons. The van der Waals surface area contributed by atoms with Gasteiger partial charge in [0.2, 0.25) is 5.91 Å². The van der Waals surface area contributed by atoms with Gasteiger partial charge in [-0.25, -0.2) is 0 Å². The van der Waals surface area contributed by atoms with Crippen LogP contribution in [0, 0.1) is 13.8 Å². The van der Waals surface area contributed by atoms with E-state index in [4.69, 9.17) is 16.0 Å². The van der Waals surface area contributed by atoms with E-state index in [9.17, 15) is 4.79 Å². The van der Waals surface area contributed by atoms with Gasteiger partial charge >= 0.3 is 0 Å². The van der Waals surface area contributed by atoms with E-state index in [0.717, 1.165) is 22.8 Å². The van der Waals surface area contributed by atoms with Gasteiger partial charge in [-0.1, -0.05) is 11.6 Å². The fraction of sp³-hybridized carbons (Fsp3) is 0.333. The SMILES string of the molecule is Cc1ccc(CN(C)C(=O)/C=C/c2c(C)nn(C)c2Cl)o1. The number of furan rings is 1. The molecule has 0 spiro atoms. The van der Waals surface area contributed by atoms with Gasteiger partial charge < -0.3 is 9.32 Å². The third-order valence-electron chi connectivity index (χ3n) is 3.15. The van der Waals surface area contributed by atoms with E-state index < -0.39 is 0 Å². The van der Waals surface area contributed by atoms with Crippen LogP contribution in [0.25, 0.3) is 6.08 Å². The second-order valence-electron chi connectivity index (χ2n) is 4.95. The Morgan fingerprint density at radius 3 is 2.71 bits per heavy atom. The highest BCUT2D eigenvalue weighted by Gasteiger charge is 2.11. The number of amides is 1. The van der Waals surface area contributed by atoms with Crippen molar-refractivity contribution in [1.29, 1.82) is 0 Å². The lowest BCUT2D eigenvalue weighted by Gasteiger charge is -2.12. The molecule has 0 aliphatic rings. The van der Waals surface area contributed by atoms with Crippen molar-refractivity contribution in [2.24, 2.45) is 7.05 Å². The van der Waals surface area contributed by atoms with Crippen molar-refractivity contribution in [1.82, 2.24) is 14.7 Å². The molecule has 0 saturated carbocycles. The second kappa shape index (κ2) is 6.18. The summed E-state index contributed by atoms with van der Waals surface area (Å²) in [5.41, 5.74) is 1.55. The lowest BCUT2D eigenvalue weighted by atomic mass is 10.2. The van der Waals surface area contributed by atoms with Crippen molar-refractivity contribution in [2.75, 3.05) is 7.05 Å². The van der Waals surface area contributed by atoms with E-state index in [1.54, 1.807) is 29.8 Å². The molecule has 1 amide bonds. The van der Waals surface area contributed by atoms with Crippen LogP contribution in [0.3, 0.4) is 0 Å². The average molecular weight is 308 g/mol. The van der Waals surface area contributed by atoms with E-state index in [1.165, 1.54) is 6.08 Å². The minimum Gasteiger partial charge on any atom is -0.464 e. The van der Waals surface area contributed by atoms with Crippen LogP contribution in [0.15, 0.2) is 22.6 Å². The minimum absolute atomic E-state index is 0.122. The molecule has 0 atom stereocenters. The Morgan fingerprint density at radius 1 is 1.48 bits per heavy atom. The Labute approximate surface area is 128 Å². The number of aromatic nitrogens is 2. The maximum Gasteiger partial charge on any atom is 0.246 e. The Morgan fingerprint density at radius 2 is 2.19 bits per heavy atom. The molecule has 0 fully saturated rings. The molecular formula is C15H18ClN3O2. The first-order valence-electron chi connectivity index (χ1n) is 6.56. The lowest BCUT2D eigenvalue weighted by Crippen LogP contribution is -2.23. The zero-order valence-electron chi connectivity index (χ0n) is 12.6. The van der Waals surface area contributed by atoms with E-state index in [1.807, 2.05) is 26.0 Å². The van der Waals surface area contributed by atoms with Crippen LogP contribution in [-0.2, 0) is 18.4 Å². The van der Waals surface area contributed by atoms with Crippen LogP contribution in [-0.4, -0.2) is 27.6 Å². The maximum absolute atomic E-state index is 12.1. The number of hydrogen-bond acceptors (Lipinski definition) is 3. The third kappa shape index (κ3) is 3.55. The van der Waals surface area contributed by atoms with Gasteiger partial charge in [-0.15, -0.1) is 0 Å². The van der Waals surface area contributed by atoms with E-state index in [-0.39, 0.29) is 5.91 Å². The molecule has 0 aromatic carbocycles.